The summed E-state index contributed by atoms with van der Waals surface area (Å²) in [4.78, 5) is 4.40. The number of anilines is 2. The Labute approximate surface area is 101 Å². The van der Waals surface area contributed by atoms with Crippen molar-refractivity contribution in [2.24, 2.45) is 7.05 Å². The van der Waals surface area contributed by atoms with Crippen LogP contribution in [0.3, 0.4) is 0 Å². The lowest BCUT2D eigenvalue weighted by atomic mass is 10.2. The minimum absolute atomic E-state index is 0.620. The van der Waals surface area contributed by atoms with E-state index in [4.69, 9.17) is 4.74 Å². The third-order valence-electron chi connectivity index (χ3n) is 2.49. The second kappa shape index (κ2) is 5.01. The van der Waals surface area contributed by atoms with Crippen LogP contribution in [-0.4, -0.2) is 16.7 Å². The van der Waals surface area contributed by atoms with Crippen LogP contribution in [0.25, 0.3) is 0 Å². The molecule has 1 aromatic heterocycles. The Kier molecular flexibility index (Phi) is 3.44. The lowest BCUT2D eigenvalue weighted by molar-refractivity contribution is 0.185. The van der Waals surface area contributed by atoms with Crippen molar-refractivity contribution in [3.05, 3.63) is 41.7 Å². The first kappa shape index (κ1) is 11.7. The molecule has 0 unspecified atom stereocenters. The molecule has 4 heteroatoms. The number of nitrogens with zero attached hydrogens (tertiary/aromatic N) is 2. The van der Waals surface area contributed by atoms with Crippen LogP contribution in [0.5, 0.6) is 0 Å². The van der Waals surface area contributed by atoms with E-state index in [1.165, 1.54) is 0 Å². The van der Waals surface area contributed by atoms with Gasteiger partial charge in [-0.2, -0.15) is 0 Å². The van der Waals surface area contributed by atoms with E-state index in [1.807, 2.05) is 42.9 Å². The number of imidazole rings is 1. The average molecular weight is 231 g/mol. The predicted octanol–water partition coefficient (Wildman–Crippen LogP) is 2.62. The average Bonchev–Trinajstić information content (AvgIpc) is 2.58. The zero-order valence-electron chi connectivity index (χ0n) is 10.4. The fourth-order valence-corrected chi connectivity index (χ4v) is 1.77. The molecule has 0 fully saturated rings. The van der Waals surface area contributed by atoms with E-state index in [1.54, 1.807) is 7.11 Å². The van der Waals surface area contributed by atoms with Gasteiger partial charge >= 0.3 is 0 Å². The monoisotopic (exact) mass is 231 g/mol. The fourth-order valence-electron chi connectivity index (χ4n) is 1.77. The van der Waals surface area contributed by atoms with Crippen molar-refractivity contribution in [2.45, 2.75) is 13.5 Å². The Bertz CT molecular complexity index is 505. The van der Waals surface area contributed by atoms with Gasteiger partial charge in [-0.15, -0.1) is 0 Å². The molecule has 0 saturated heterocycles. The molecule has 4 nitrogen and oxygen atoms in total. The van der Waals surface area contributed by atoms with Crippen LogP contribution in [0.1, 0.15) is 11.3 Å². The van der Waals surface area contributed by atoms with Crippen molar-refractivity contribution in [3.63, 3.8) is 0 Å². The molecular weight excluding hydrogens is 214 g/mol. The molecular formula is C13H17N3O. The number of nitrogens with one attached hydrogen (secondary N) is 1. The van der Waals surface area contributed by atoms with Crippen LogP contribution in [0.15, 0.2) is 30.5 Å². The normalized spacial score (nSPS) is 10.5. The topological polar surface area (TPSA) is 39.1 Å². The molecule has 1 aromatic carbocycles. The van der Waals surface area contributed by atoms with Gasteiger partial charge in [0.25, 0.3) is 0 Å². The highest BCUT2D eigenvalue weighted by atomic mass is 16.5. The largest absolute Gasteiger partial charge is 0.380 e. The zero-order valence-corrected chi connectivity index (χ0v) is 10.4. The summed E-state index contributed by atoms with van der Waals surface area (Å²) < 4.78 is 7.08. The number of rotatable bonds is 4. The van der Waals surface area contributed by atoms with E-state index in [9.17, 15) is 0 Å². The van der Waals surface area contributed by atoms with E-state index in [0.717, 1.165) is 22.9 Å². The number of methoxy groups -OCH3 is 1. The minimum atomic E-state index is 0.620. The van der Waals surface area contributed by atoms with E-state index in [-0.39, 0.29) is 0 Å². The molecule has 0 spiro atoms. The number of ether oxygens (including phenoxy) is 1. The summed E-state index contributed by atoms with van der Waals surface area (Å²) in [6, 6.07) is 8.13. The van der Waals surface area contributed by atoms with Gasteiger partial charge in [0.2, 0.25) is 5.95 Å². The van der Waals surface area contributed by atoms with Gasteiger partial charge in [0.1, 0.15) is 0 Å². The van der Waals surface area contributed by atoms with Gasteiger partial charge in [0.05, 0.1) is 12.3 Å². The Morgan fingerprint density at radius 1 is 1.41 bits per heavy atom. The van der Waals surface area contributed by atoms with Crippen LogP contribution >= 0.6 is 0 Å². The number of hydrogen-bond acceptors (Lipinski definition) is 3. The van der Waals surface area contributed by atoms with Crippen molar-refractivity contribution < 1.29 is 4.74 Å². The molecule has 0 aliphatic rings. The molecule has 0 saturated carbocycles. The molecule has 0 aliphatic heterocycles. The highest BCUT2D eigenvalue weighted by Crippen LogP contribution is 2.17. The summed E-state index contributed by atoms with van der Waals surface area (Å²) in [5, 5.41) is 3.29. The molecule has 0 bridgehead atoms. The van der Waals surface area contributed by atoms with Gasteiger partial charge < -0.3 is 14.6 Å². The predicted molar refractivity (Wildman–Crippen MR) is 68.4 cm³/mol. The summed E-state index contributed by atoms with van der Waals surface area (Å²) in [5.74, 6) is 0.845. The van der Waals surface area contributed by atoms with E-state index < -0.39 is 0 Å². The van der Waals surface area contributed by atoms with Gasteiger partial charge in [0.15, 0.2) is 0 Å². The summed E-state index contributed by atoms with van der Waals surface area (Å²) >= 11 is 0. The van der Waals surface area contributed by atoms with Crippen molar-refractivity contribution in [3.8, 4) is 0 Å². The summed E-state index contributed by atoms with van der Waals surface area (Å²) in [6.45, 7) is 2.60. The van der Waals surface area contributed by atoms with Gasteiger partial charge in [-0.1, -0.05) is 12.1 Å². The van der Waals surface area contributed by atoms with Crippen molar-refractivity contribution >= 4 is 11.6 Å². The Morgan fingerprint density at radius 2 is 2.24 bits per heavy atom. The second-order valence-corrected chi connectivity index (χ2v) is 4.08. The van der Waals surface area contributed by atoms with Crippen LogP contribution in [0.2, 0.25) is 0 Å². The number of benzene rings is 1. The van der Waals surface area contributed by atoms with Gasteiger partial charge in [0, 0.05) is 26.0 Å². The van der Waals surface area contributed by atoms with Crippen LogP contribution in [-0.2, 0) is 18.4 Å². The lowest BCUT2D eigenvalue weighted by Gasteiger charge is -2.07. The lowest BCUT2D eigenvalue weighted by Crippen LogP contribution is -1.99. The fraction of sp³-hybridized carbons (Fsp3) is 0.308. The highest BCUT2D eigenvalue weighted by molar-refractivity contribution is 5.54. The molecule has 0 radical (unpaired) electrons. The zero-order chi connectivity index (χ0) is 12.3. The van der Waals surface area contributed by atoms with E-state index in [0.29, 0.717) is 6.61 Å². The third kappa shape index (κ3) is 2.85. The van der Waals surface area contributed by atoms with Crippen LogP contribution in [0.4, 0.5) is 11.6 Å². The van der Waals surface area contributed by atoms with Crippen LogP contribution in [0, 0.1) is 6.92 Å². The summed E-state index contributed by atoms with van der Waals surface area (Å²) in [5.41, 5.74) is 3.17. The smallest absolute Gasteiger partial charge is 0.207 e. The SMILES string of the molecule is COCc1cccc(Nc2nc(C)cn2C)c1. The minimum Gasteiger partial charge on any atom is -0.380 e. The van der Waals surface area contributed by atoms with Crippen molar-refractivity contribution in [2.75, 3.05) is 12.4 Å². The first-order valence-electron chi connectivity index (χ1n) is 5.54. The molecule has 2 aromatic rings. The second-order valence-electron chi connectivity index (χ2n) is 4.08. The standard InChI is InChI=1S/C13H17N3O/c1-10-8-16(2)13(14-10)15-12-6-4-5-11(7-12)9-17-3/h4-8H,9H2,1-3H3,(H,14,15). The van der Waals surface area contributed by atoms with Crippen molar-refractivity contribution in [1.29, 1.82) is 0 Å². The molecule has 17 heavy (non-hydrogen) atoms. The van der Waals surface area contributed by atoms with Gasteiger partial charge in [-0.3, -0.25) is 0 Å². The first-order valence-corrected chi connectivity index (χ1v) is 5.54. The molecule has 90 valence electrons. The van der Waals surface area contributed by atoms with E-state index >= 15 is 0 Å². The van der Waals surface area contributed by atoms with Gasteiger partial charge in [-0.25, -0.2) is 4.98 Å². The van der Waals surface area contributed by atoms with Crippen molar-refractivity contribution in [1.82, 2.24) is 9.55 Å². The quantitative estimate of drug-likeness (QED) is 0.879. The van der Waals surface area contributed by atoms with Gasteiger partial charge in [-0.05, 0) is 24.6 Å². The maximum absolute atomic E-state index is 5.11. The number of aromatic nitrogens is 2. The Hall–Kier alpha value is -1.81. The Balaban J connectivity index is 2.18. The molecule has 1 heterocycles. The molecule has 0 amide bonds. The first-order chi connectivity index (χ1) is 8.19. The number of hydrogen-bond donors (Lipinski definition) is 1. The molecule has 1 N–H and O–H groups in total. The molecule has 0 atom stereocenters. The molecule has 0 aliphatic carbocycles. The maximum atomic E-state index is 5.11. The highest BCUT2D eigenvalue weighted by Gasteiger charge is 2.02. The summed E-state index contributed by atoms with van der Waals surface area (Å²) in [7, 11) is 3.67. The van der Waals surface area contributed by atoms with Crippen LogP contribution < -0.4 is 5.32 Å². The third-order valence-corrected chi connectivity index (χ3v) is 2.49. The maximum Gasteiger partial charge on any atom is 0.207 e. The van der Waals surface area contributed by atoms with E-state index in [2.05, 4.69) is 16.4 Å². The summed E-state index contributed by atoms with van der Waals surface area (Å²) in [6.07, 6.45) is 1.99. The Morgan fingerprint density at radius 3 is 2.88 bits per heavy atom. The number of aryl methyl sites for hydroxylation is 2. The molecule has 2 rings (SSSR count).